The highest BCUT2D eigenvalue weighted by molar-refractivity contribution is 5.94. The average Bonchev–Trinajstić information content (AvgIpc) is 2.71. The highest BCUT2D eigenvalue weighted by atomic mass is 16.5. The summed E-state index contributed by atoms with van der Waals surface area (Å²) in [6.07, 6.45) is 5.48. The van der Waals surface area contributed by atoms with Crippen molar-refractivity contribution in [1.29, 1.82) is 0 Å². The summed E-state index contributed by atoms with van der Waals surface area (Å²) in [7, 11) is 0. The number of carboxylic acids is 1. The van der Waals surface area contributed by atoms with E-state index < -0.39 is 5.97 Å². The van der Waals surface area contributed by atoms with E-state index in [1.807, 2.05) is 18.2 Å². The first-order valence-electron chi connectivity index (χ1n) is 11.0. The molecule has 4 nitrogen and oxygen atoms in total. The molecule has 1 aliphatic heterocycles. The van der Waals surface area contributed by atoms with Crippen molar-refractivity contribution < 1.29 is 14.6 Å². The topological polar surface area (TPSA) is 49.8 Å². The van der Waals surface area contributed by atoms with Gasteiger partial charge in [-0.1, -0.05) is 45.4 Å². The van der Waals surface area contributed by atoms with Gasteiger partial charge in [0.25, 0.3) is 0 Å². The van der Waals surface area contributed by atoms with Crippen molar-refractivity contribution in [2.45, 2.75) is 46.5 Å². The van der Waals surface area contributed by atoms with Gasteiger partial charge in [-0.25, -0.2) is 4.79 Å². The third kappa shape index (κ3) is 5.65. The third-order valence-electron chi connectivity index (χ3n) is 5.39. The molecule has 0 spiro atoms. The maximum atomic E-state index is 11.7. The van der Waals surface area contributed by atoms with Crippen LogP contribution in [0.5, 0.6) is 5.75 Å². The lowest BCUT2D eigenvalue weighted by Gasteiger charge is -2.30. The smallest absolute Gasteiger partial charge is 0.331 e. The van der Waals surface area contributed by atoms with Gasteiger partial charge in [0.15, 0.2) is 0 Å². The fraction of sp³-hybridized carbons (Fsp3) is 0.423. The molecule has 1 heterocycles. The van der Waals surface area contributed by atoms with E-state index in [1.54, 1.807) is 0 Å². The molecule has 30 heavy (non-hydrogen) atoms. The molecule has 3 rings (SSSR count). The van der Waals surface area contributed by atoms with Crippen LogP contribution in [0.2, 0.25) is 0 Å². The maximum Gasteiger partial charge on any atom is 0.331 e. The first-order valence-corrected chi connectivity index (χ1v) is 11.0. The number of carboxylic acid groups (broad SMARTS) is 1. The van der Waals surface area contributed by atoms with Crippen LogP contribution in [-0.2, 0) is 4.79 Å². The minimum atomic E-state index is -0.822. The molecule has 1 aliphatic rings. The third-order valence-corrected chi connectivity index (χ3v) is 5.39. The Hall–Kier alpha value is -2.75. The van der Waals surface area contributed by atoms with Gasteiger partial charge in [-0.15, -0.1) is 0 Å². The Balaban J connectivity index is 1.93. The predicted octanol–water partition coefficient (Wildman–Crippen LogP) is 6.26. The van der Waals surface area contributed by atoms with Gasteiger partial charge < -0.3 is 14.7 Å². The standard InChI is InChI=1S/C26H33NO3/c1-4-5-15-30-24-11-8-20(9-12-24)21-10-13-25-23(16-21)17-22(26(28)29)7-6-14-27(25)18-19(2)3/h8-13,16-17,19H,4-7,14-15,18H2,1-3H3,(H,28,29). The highest BCUT2D eigenvalue weighted by Crippen LogP contribution is 2.33. The van der Waals surface area contributed by atoms with Crippen LogP contribution in [0.3, 0.4) is 0 Å². The fourth-order valence-corrected chi connectivity index (χ4v) is 3.86. The molecule has 0 atom stereocenters. The highest BCUT2D eigenvalue weighted by Gasteiger charge is 2.18. The summed E-state index contributed by atoms with van der Waals surface area (Å²) in [6.45, 7) is 9.17. The Bertz CT molecular complexity index is 884. The Morgan fingerprint density at radius 3 is 2.53 bits per heavy atom. The summed E-state index contributed by atoms with van der Waals surface area (Å²) >= 11 is 0. The fourth-order valence-electron chi connectivity index (χ4n) is 3.86. The molecule has 0 unspecified atom stereocenters. The zero-order valence-electron chi connectivity index (χ0n) is 18.4. The van der Waals surface area contributed by atoms with Crippen LogP contribution in [0.15, 0.2) is 48.0 Å². The summed E-state index contributed by atoms with van der Waals surface area (Å²) in [6, 6.07) is 14.5. The lowest BCUT2D eigenvalue weighted by atomic mass is 9.96. The molecule has 2 aromatic rings. The number of hydrogen-bond acceptors (Lipinski definition) is 3. The van der Waals surface area contributed by atoms with E-state index in [0.717, 1.165) is 67.1 Å². The largest absolute Gasteiger partial charge is 0.494 e. The van der Waals surface area contributed by atoms with Crippen molar-refractivity contribution in [1.82, 2.24) is 0 Å². The number of ether oxygens (including phenoxy) is 1. The second-order valence-electron chi connectivity index (χ2n) is 8.42. The van der Waals surface area contributed by atoms with Gasteiger partial charge in [0.05, 0.1) is 6.61 Å². The van der Waals surface area contributed by atoms with Crippen LogP contribution in [0.1, 0.15) is 52.0 Å². The van der Waals surface area contributed by atoms with Crippen molar-refractivity contribution in [2.24, 2.45) is 5.92 Å². The zero-order chi connectivity index (χ0) is 21.5. The molecule has 0 amide bonds. The van der Waals surface area contributed by atoms with Gasteiger partial charge in [0.1, 0.15) is 5.75 Å². The van der Waals surface area contributed by atoms with Crippen LogP contribution in [0.4, 0.5) is 5.69 Å². The van der Waals surface area contributed by atoms with Crippen molar-refractivity contribution >= 4 is 17.7 Å². The molecule has 1 N–H and O–H groups in total. The quantitative estimate of drug-likeness (QED) is 0.525. The maximum absolute atomic E-state index is 11.7. The van der Waals surface area contributed by atoms with Crippen LogP contribution < -0.4 is 9.64 Å². The summed E-state index contributed by atoms with van der Waals surface area (Å²) in [5.41, 5.74) is 4.76. The molecule has 0 aliphatic carbocycles. The average molecular weight is 408 g/mol. The van der Waals surface area contributed by atoms with E-state index in [-0.39, 0.29) is 0 Å². The minimum Gasteiger partial charge on any atom is -0.494 e. The van der Waals surface area contributed by atoms with E-state index in [1.165, 1.54) is 0 Å². The number of anilines is 1. The lowest BCUT2D eigenvalue weighted by molar-refractivity contribution is -0.132. The van der Waals surface area contributed by atoms with Crippen LogP contribution >= 0.6 is 0 Å². The monoisotopic (exact) mass is 407 g/mol. The number of fused-ring (bicyclic) bond motifs is 1. The molecule has 0 saturated carbocycles. The minimum absolute atomic E-state index is 0.484. The van der Waals surface area contributed by atoms with E-state index in [4.69, 9.17) is 4.74 Å². The van der Waals surface area contributed by atoms with Crippen molar-refractivity contribution in [2.75, 3.05) is 24.6 Å². The number of aliphatic carboxylic acids is 1. The summed E-state index contributed by atoms with van der Waals surface area (Å²) in [4.78, 5) is 14.1. The lowest BCUT2D eigenvalue weighted by Crippen LogP contribution is -2.30. The number of carbonyl (C=O) groups is 1. The van der Waals surface area contributed by atoms with Crippen LogP contribution in [0, 0.1) is 5.92 Å². The molecule has 2 aromatic carbocycles. The summed E-state index contributed by atoms with van der Waals surface area (Å²) < 4.78 is 5.77. The molecule has 0 bridgehead atoms. The van der Waals surface area contributed by atoms with Gasteiger partial charge in [0.2, 0.25) is 0 Å². The van der Waals surface area contributed by atoms with Gasteiger partial charge in [-0.3, -0.25) is 0 Å². The predicted molar refractivity (Wildman–Crippen MR) is 124 cm³/mol. The molecule has 0 aromatic heterocycles. The van der Waals surface area contributed by atoms with Crippen LogP contribution in [0.25, 0.3) is 17.2 Å². The van der Waals surface area contributed by atoms with Crippen molar-refractivity contribution in [3.05, 3.63) is 53.6 Å². The first-order chi connectivity index (χ1) is 14.5. The van der Waals surface area contributed by atoms with E-state index in [9.17, 15) is 9.90 Å². The molecule has 4 heteroatoms. The first kappa shape index (κ1) is 21.9. The van der Waals surface area contributed by atoms with E-state index in [2.05, 4.69) is 56.0 Å². The summed E-state index contributed by atoms with van der Waals surface area (Å²) in [5, 5.41) is 9.60. The van der Waals surface area contributed by atoms with Crippen molar-refractivity contribution in [3.63, 3.8) is 0 Å². The Kier molecular flexibility index (Phi) is 7.56. The van der Waals surface area contributed by atoms with Crippen LogP contribution in [-0.4, -0.2) is 30.8 Å². The van der Waals surface area contributed by atoms with Crippen molar-refractivity contribution in [3.8, 4) is 16.9 Å². The Labute approximate surface area is 180 Å². The SMILES string of the molecule is CCCCOc1ccc(-c2ccc3c(c2)C=C(C(=O)O)CCCN3CC(C)C)cc1. The van der Waals surface area contributed by atoms with Gasteiger partial charge in [-0.2, -0.15) is 0 Å². The molecule has 160 valence electrons. The number of nitrogens with zero attached hydrogens (tertiary/aromatic N) is 1. The second kappa shape index (κ2) is 10.3. The molecule has 0 saturated heterocycles. The number of unbranched alkanes of at least 4 members (excludes halogenated alkanes) is 1. The Morgan fingerprint density at radius 2 is 1.87 bits per heavy atom. The molecular formula is C26H33NO3. The summed E-state index contributed by atoms with van der Waals surface area (Å²) in [5.74, 6) is 0.604. The number of benzene rings is 2. The van der Waals surface area contributed by atoms with Gasteiger partial charge in [-0.05, 0) is 72.2 Å². The van der Waals surface area contributed by atoms with Gasteiger partial charge >= 0.3 is 5.97 Å². The van der Waals surface area contributed by atoms with E-state index >= 15 is 0 Å². The number of rotatable bonds is 8. The zero-order valence-corrected chi connectivity index (χ0v) is 18.4. The second-order valence-corrected chi connectivity index (χ2v) is 8.42. The normalized spacial score (nSPS) is 14.0. The molecule has 0 fully saturated rings. The number of hydrogen-bond donors (Lipinski definition) is 1. The molecular weight excluding hydrogens is 374 g/mol. The van der Waals surface area contributed by atoms with Gasteiger partial charge in [0, 0.05) is 24.4 Å². The Morgan fingerprint density at radius 1 is 1.13 bits per heavy atom. The molecule has 0 radical (unpaired) electrons. The van der Waals surface area contributed by atoms with E-state index in [0.29, 0.717) is 17.9 Å².